The number of hydrogen-bond donors (Lipinski definition) is 0. The van der Waals surface area contributed by atoms with E-state index in [1.54, 1.807) is 0 Å². The number of nitrogens with zero attached hydrogens (tertiary/aromatic N) is 4. The van der Waals surface area contributed by atoms with E-state index in [-0.39, 0.29) is 5.92 Å². The largest absolute Gasteiger partial charge is 0.255 e. The molecule has 1 unspecified atom stereocenters. The molecule has 1 aliphatic heterocycles. The molecule has 2 aliphatic rings. The predicted octanol–water partition coefficient (Wildman–Crippen LogP) is 13.6. The minimum atomic E-state index is 0.274. The Morgan fingerprint density at radius 3 is 1.91 bits per heavy atom. The zero-order valence-corrected chi connectivity index (χ0v) is 31.8. The molecule has 3 heterocycles. The van der Waals surface area contributed by atoms with E-state index >= 15 is 0 Å². The van der Waals surface area contributed by atoms with Gasteiger partial charge in [-0.3, -0.25) is 4.99 Å². The molecule has 0 fully saturated rings. The number of benzene rings is 6. The molecule has 0 N–H and O–H groups in total. The Hall–Kier alpha value is -7.04. The Labute approximate surface area is 333 Å². The van der Waals surface area contributed by atoms with Gasteiger partial charge in [0.05, 0.1) is 28.3 Å². The molecule has 1 aliphatic carbocycles. The van der Waals surface area contributed by atoms with E-state index in [2.05, 4.69) is 165 Å². The highest BCUT2D eigenvalue weighted by molar-refractivity contribution is 5.99. The maximum absolute atomic E-state index is 5.33. The lowest BCUT2D eigenvalue weighted by Gasteiger charge is -2.25. The average molecular weight is 733 g/mol. The monoisotopic (exact) mass is 732 g/mol. The van der Waals surface area contributed by atoms with Crippen LogP contribution < -0.4 is 0 Å². The normalized spacial score (nSPS) is 15.0. The number of hydrogen-bond acceptors (Lipinski definition) is 4. The highest BCUT2D eigenvalue weighted by atomic mass is 14.9. The van der Waals surface area contributed by atoms with Gasteiger partial charge in [0, 0.05) is 33.7 Å². The van der Waals surface area contributed by atoms with Crippen molar-refractivity contribution >= 4 is 33.4 Å². The molecule has 57 heavy (non-hydrogen) atoms. The summed E-state index contributed by atoms with van der Waals surface area (Å²) >= 11 is 0. The van der Waals surface area contributed by atoms with Gasteiger partial charge >= 0.3 is 0 Å². The second-order valence-electron chi connectivity index (χ2n) is 15.0. The van der Waals surface area contributed by atoms with Gasteiger partial charge < -0.3 is 0 Å². The zero-order chi connectivity index (χ0) is 38.1. The first-order chi connectivity index (χ1) is 28.1. The lowest BCUT2D eigenvalue weighted by Crippen LogP contribution is -2.11. The minimum Gasteiger partial charge on any atom is -0.255 e. The van der Waals surface area contributed by atoms with Gasteiger partial charge in [0.2, 0.25) is 0 Å². The maximum atomic E-state index is 5.33. The van der Waals surface area contributed by atoms with Crippen molar-refractivity contribution in [1.29, 1.82) is 0 Å². The van der Waals surface area contributed by atoms with Crippen molar-refractivity contribution in [3.63, 3.8) is 0 Å². The number of fused-ring (bicyclic) bond motifs is 3. The highest BCUT2D eigenvalue weighted by Crippen LogP contribution is 2.43. The number of allylic oxidation sites excluding steroid dienone is 4. The topological polar surface area (TPSA) is 51.0 Å². The fourth-order valence-electron chi connectivity index (χ4n) is 8.28. The van der Waals surface area contributed by atoms with Gasteiger partial charge in [-0.2, -0.15) is 0 Å². The van der Waals surface area contributed by atoms with Crippen molar-refractivity contribution in [3.8, 4) is 45.0 Å². The standard InChI is InChI=1S/C53H40N4/c1-35-31-47(38-15-7-3-8-16-38)46-29-27-40-28-30-48(55-51(40)52(46)54-35)44-21-11-19-42(32-44)43-20-12-22-45(33-43)50-34-49(56-53(57-50)41-17-9-4-10-18-41)39-25-23-37(24-26-39)36-13-5-2-6-14-36/h2-10,12-18,20-30,32-34,47H,11,19,31H2,1H3. The fourth-order valence-corrected chi connectivity index (χ4v) is 8.28. The van der Waals surface area contributed by atoms with E-state index < -0.39 is 0 Å². The third kappa shape index (κ3) is 6.91. The summed E-state index contributed by atoms with van der Waals surface area (Å²) in [5.74, 6) is 0.984. The van der Waals surface area contributed by atoms with E-state index in [1.165, 1.54) is 33.4 Å². The molecule has 4 heteroatoms. The minimum absolute atomic E-state index is 0.274. The average Bonchev–Trinajstić information content (AvgIpc) is 3.29. The number of pyridine rings is 1. The highest BCUT2D eigenvalue weighted by Gasteiger charge is 2.25. The molecule has 4 nitrogen and oxygen atoms in total. The second kappa shape index (κ2) is 14.9. The Bertz CT molecular complexity index is 2860. The van der Waals surface area contributed by atoms with Crippen molar-refractivity contribution < 1.29 is 0 Å². The van der Waals surface area contributed by atoms with Crippen LogP contribution in [0.3, 0.4) is 0 Å². The van der Waals surface area contributed by atoms with Crippen molar-refractivity contribution in [1.82, 2.24) is 15.0 Å². The molecule has 6 aromatic carbocycles. The SMILES string of the molecule is CC1=Nc2c(ccc3ccc(C4=CCCC(c5cccc(-c6cc(-c7ccc(-c8ccccc8)cc7)nc(-c7ccccc7)n6)c5)=C4)nc23)C(c2ccccc2)C1. The van der Waals surface area contributed by atoms with E-state index in [4.69, 9.17) is 19.9 Å². The number of rotatable bonds is 7. The van der Waals surface area contributed by atoms with Crippen molar-refractivity contribution in [2.75, 3.05) is 0 Å². The van der Waals surface area contributed by atoms with Gasteiger partial charge in [-0.15, -0.1) is 0 Å². The van der Waals surface area contributed by atoms with Crippen LogP contribution in [0.5, 0.6) is 0 Å². The van der Waals surface area contributed by atoms with Crippen LogP contribution in [0.4, 0.5) is 5.69 Å². The van der Waals surface area contributed by atoms with Crippen LogP contribution >= 0.6 is 0 Å². The Balaban J connectivity index is 0.997. The summed E-state index contributed by atoms with van der Waals surface area (Å²) in [5.41, 5.74) is 17.6. The Morgan fingerprint density at radius 2 is 1.14 bits per heavy atom. The molecule has 0 radical (unpaired) electrons. The van der Waals surface area contributed by atoms with Crippen molar-refractivity contribution in [2.45, 2.75) is 32.1 Å². The van der Waals surface area contributed by atoms with Crippen LogP contribution in [0.2, 0.25) is 0 Å². The predicted molar refractivity (Wildman–Crippen MR) is 236 cm³/mol. The Kier molecular flexibility index (Phi) is 9.00. The molecule has 0 saturated heterocycles. The van der Waals surface area contributed by atoms with E-state index in [0.29, 0.717) is 5.82 Å². The first-order valence-electron chi connectivity index (χ1n) is 19.8. The molecule has 0 amide bonds. The molecule has 272 valence electrons. The van der Waals surface area contributed by atoms with Gasteiger partial charge in [0.25, 0.3) is 0 Å². The Morgan fingerprint density at radius 1 is 0.509 bits per heavy atom. The molecular weight excluding hydrogens is 693 g/mol. The van der Waals surface area contributed by atoms with E-state index in [0.717, 1.165) is 80.9 Å². The van der Waals surface area contributed by atoms with Crippen LogP contribution in [-0.4, -0.2) is 20.7 Å². The first-order valence-corrected chi connectivity index (χ1v) is 19.8. The third-order valence-electron chi connectivity index (χ3n) is 11.2. The molecule has 2 aromatic heterocycles. The number of aromatic nitrogens is 3. The second-order valence-corrected chi connectivity index (χ2v) is 15.0. The zero-order valence-electron chi connectivity index (χ0n) is 31.8. The summed E-state index contributed by atoms with van der Waals surface area (Å²) in [6.45, 7) is 2.14. The summed E-state index contributed by atoms with van der Waals surface area (Å²) in [6.07, 6.45) is 7.47. The molecular formula is C53H40N4. The summed E-state index contributed by atoms with van der Waals surface area (Å²) < 4.78 is 0. The van der Waals surface area contributed by atoms with E-state index in [9.17, 15) is 0 Å². The molecule has 0 bridgehead atoms. The summed E-state index contributed by atoms with van der Waals surface area (Å²) in [7, 11) is 0. The van der Waals surface area contributed by atoms with E-state index in [1.807, 2.05) is 24.3 Å². The fraction of sp³-hybridized carbons (Fsp3) is 0.0943. The molecule has 10 rings (SSSR count). The smallest absolute Gasteiger partial charge is 0.160 e. The van der Waals surface area contributed by atoms with Crippen molar-refractivity contribution in [3.05, 3.63) is 204 Å². The van der Waals surface area contributed by atoms with Gasteiger partial charge in [-0.1, -0.05) is 158 Å². The molecule has 8 aromatic rings. The van der Waals surface area contributed by atoms with Crippen molar-refractivity contribution in [2.24, 2.45) is 4.99 Å². The van der Waals surface area contributed by atoms with Crippen LogP contribution in [0, 0.1) is 0 Å². The summed E-state index contributed by atoms with van der Waals surface area (Å²) in [5, 5.41) is 1.11. The van der Waals surface area contributed by atoms with Crippen LogP contribution in [0.1, 0.15) is 54.5 Å². The summed E-state index contributed by atoms with van der Waals surface area (Å²) in [4.78, 5) is 20.7. The molecule has 0 saturated carbocycles. The van der Waals surface area contributed by atoms with Gasteiger partial charge in [-0.25, -0.2) is 15.0 Å². The lowest BCUT2D eigenvalue weighted by molar-refractivity contribution is 0.838. The molecule has 1 atom stereocenters. The third-order valence-corrected chi connectivity index (χ3v) is 11.2. The first kappa shape index (κ1) is 34.5. The van der Waals surface area contributed by atoms with Gasteiger partial charge in [-0.05, 0) is 89.4 Å². The van der Waals surface area contributed by atoms with Crippen LogP contribution in [-0.2, 0) is 0 Å². The number of aliphatic imine (C=N–C) groups is 1. The quantitative estimate of drug-likeness (QED) is 0.164. The van der Waals surface area contributed by atoms with Gasteiger partial charge in [0.1, 0.15) is 0 Å². The summed E-state index contributed by atoms with van der Waals surface area (Å²) in [6, 6.07) is 59.9. The van der Waals surface area contributed by atoms with Crippen LogP contribution in [0.25, 0.3) is 67.1 Å². The maximum Gasteiger partial charge on any atom is 0.160 e. The molecule has 0 spiro atoms. The van der Waals surface area contributed by atoms with Gasteiger partial charge in [0.15, 0.2) is 5.82 Å². The van der Waals surface area contributed by atoms with Crippen LogP contribution in [0.15, 0.2) is 187 Å². The lowest BCUT2D eigenvalue weighted by atomic mass is 9.83.